The third kappa shape index (κ3) is 5.45. The summed E-state index contributed by atoms with van der Waals surface area (Å²) in [5.74, 6) is 0.659. The first-order valence-corrected chi connectivity index (χ1v) is 10.0. The van der Waals surface area contributed by atoms with Crippen LogP contribution < -0.4 is 15.4 Å². The van der Waals surface area contributed by atoms with E-state index in [1.54, 1.807) is 19.2 Å². The van der Waals surface area contributed by atoms with Gasteiger partial charge in [0.25, 0.3) is 0 Å². The molecule has 0 unspecified atom stereocenters. The van der Waals surface area contributed by atoms with Crippen molar-refractivity contribution in [3.05, 3.63) is 54.1 Å². The fourth-order valence-corrected chi connectivity index (χ4v) is 4.19. The van der Waals surface area contributed by atoms with E-state index in [4.69, 9.17) is 4.74 Å². The zero-order chi connectivity index (χ0) is 19.2. The molecule has 1 amide bonds. The van der Waals surface area contributed by atoms with Gasteiger partial charge >= 0.3 is 0 Å². The van der Waals surface area contributed by atoms with E-state index in [0.717, 1.165) is 21.5 Å². The molecule has 3 rings (SSSR count). The van der Waals surface area contributed by atoms with Crippen LogP contribution in [0.5, 0.6) is 5.75 Å². The lowest BCUT2D eigenvalue weighted by Gasteiger charge is -2.10. The Morgan fingerprint density at radius 1 is 1.15 bits per heavy atom. The lowest BCUT2D eigenvalue weighted by Crippen LogP contribution is -2.22. The summed E-state index contributed by atoms with van der Waals surface area (Å²) >= 11 is 2.80. The molecular weight excluding hydrogens is 380 g/mol. The van der Waals surface area contributed by atoms with Crippen LogP contribution in [0.3, 0.4) is 0 Å². The number of amides is 1. The van der Waals surface area contributed by atoms with E-state index in [2.05, 4.69) is 20.8 Å². The average Bonchev–Trinajstić information content (AvgIpc) is 3.09. The molecular formula is C19H20N4O2S2. The van der Waals surface area contributed by atoms with Crippen LogP contribution >= 0.6 is 23.1 Å². The number of carbonyl (C=O) groups excluding carboxylic acids is 1. The highest BCUT2D eigenvalue weighted by atomic mass is 32.2. The third-order valence-corrected chi connectivity index (χ3v) is 5.70. The Bertz CT molecular complexity index is 912. The molecule has 0 aliphatic heterocycles. The first kappa shape index (κ1) is 19.2. The third-order valence-electron chi connectivity index (χ3n) is 3.68. The Balaban J connectivity index is 1.56. The maximum atomic E-state index is 12.4. The minimum Gasteiger partial charge on any atom is -0.497 e. The van der Waals surface area contributed by atoms with E-state index in [-0.39, 0.29) is 11.2 Å². The Morgan fingerprint density at radius 3 is 2.63 bits per heavy atom. The number of nitrogens with one attached hydrogen (secondary N) is 2. The number of hydrogen-bond donors (Lipinski definition) is 2. The van der Waals surface area contributed by atoms with Gasteiger partial charge in [-0.2, -0.15) is 0 Å². The second-order valence-corrected chi connectivity index (χ2v) is 8.41. The van der Waals surface area contributed by atoms with Crippen LogP contribution in [0.2, 0.25) is 0 Å². The van der Waals surface area contributed by atoms with E-state index in [0.29, 0.717) is 5.13 Å². The van der Waals surface area contributed by atoms with E-state index < -0.39 is 0 Å². The molecule has 2 N–H and O–H groups in total. The van der Waals surface area contributed by atoms with Gasteiger partial charge in [-0.25, -0.2) is 0 Å². The molecule has 0 aliphatic rings. The number of methoxy groups -OCH3 is 1. The topological polar surface area (TPSA) is 76.1 Å². The molecule has 27 heavy (non-hydrogen) atoms. The van der Waals surface area contributed by atoms with Crippen LogP contribution in [0, 0.1) is 6.92 Å². The van der Waals surface area contributed by atoms with Gasteiger partial charge in [0.15, 0.2) is 4.34 Å². The zero-order valence-corrected chi connectivity index (χ0v) is 16.9. The number of benzene rings is 2. The van der Waals surface area contributed by atoms with Crippen molar-refractivity contribution >= 4 is 45.5 Å². The second-order valence-electron chi connectivity index (χ2n) is 5.85. The summed E-state index contributed by atoms with van der Waals surface area (Å²) in [5, 5.41) is 14.8. The lowest BCUT2D eigenvalue weighted by atomic mass is 10.2. The number of aromatic nitrogens is 2. The van der Waals surface area contributed by atoms with Crippen LogP contribution in [0.25, 0.3) is 0 Å². The highest BCUT2D eigenvalue weighted by Gasteiger charge is 2.17. The first-order chi connectivity index (χ1) is 13.0. The van der Waals surface area contributed by atoms with Crippen LogP contribution in [0.1, 0.15) is 12.5 Å². The number of nitrogens with zero attached hydrogens (tertiary/aromatic N) is 2. The number of aryl methyl sites for hydroxylation is 1. The van der Waals surface area contributed by atoms with Crippen molar-refractivity contribution in [2.24, 2.45) is 0 Å². The highest BCUT2D eigenvalue weighted by molar-refractivity contribution is 8.02. The zero-order valence-electron chi connectivity index (χ0n) is 15.2. The van der Waals surface area contributed by atoms with E-state index in [9.17, 15) is 4.79 Å². The summed E-state index contributed by atoms with van der Waals surface area (Å²) in [5.41, 5.74) is 2.86. The van der Waals surface area contributed by atoms with Crippen molar-refractivity contribution in [1.82, 2.24) is 10.2 Å². The Morgan fingerprint density at radius 2 is 1.93 bits per heavy atom. The highest BCUT2D eigenvalue weighted by Crippen LogP contribution is 2.31. The normalized spacial score (nSPS) is 11.7. The molecule has 6 nitrogen and oxygen atoms in total. The summed E-state index contributed by atoms with van der Waals surface area (Å²) in [4.78, 5) is 12.4. The van der Waals surface area contributed by atoms with Gasteiger partial charge in [-0.3, -0.25) is 4.79 Å². The molecule has 140 valence electrons. The number of hydrogen-bond acceptors (Lipinski definition) is 7. The van der Waals surface area contributed by atoms with E-state index in [1.165, 1.54) is 28.7 Å². The van der Waals surface area contributed by atoms with Crippen molar-refractivity contribution in [3.63, 3.8) is 0 Å². The molecule has 0 radical (unpaired) electrons. The van der Waals surface area contributed by atoms with Gasteiger partial charge in [-0.05, 0) is 55.8 Å². The SMILES string of the molecule is COc1ccc(NC(=O)[C@@H](C)Sc2nnc(Nc3cccc(C)c3)s2)cc1. The Labute approximate surface area is 166 Å². The van der Waals surface area contributed by atoms with Crippen LogP contribution in [0.15, 0.2) is 52.9 Å². The van der Waals surface area contributed by atoms with Gasteiger partial charge in [0.2, 0.25) is 11.0 Å². The molecule has 1 atom stereocenters. The summed E-state index contributed by atoms with van der Waals surface area (Å²) in [6, 6.07) is 15.3. The molecule has 1 heterocycles. The van der Waals surface area contributed by atoms with Crippen LogP contribution in [-0.4, -0.2) is 28.5 Å². The fourth-order valence-electron chi connectivity index (χ4n) is 2.28. The van der Waals surface area contributed by atoms with Gasteiger partial charge in [-0.15, -0.1) is 10.2 Å². The number of ether oxygens (including phenoxy) is 1. The largest absolute Gasteiger partial charge is 0.497 e. The van der Waals surface area contributed by atoms with E-state index in [1.807, 2.05) is 50.2 Å². The van der Waals surface area contributed by atoms with Crippen molar-refractivity contribution < 1.29 is 9.53 Å². The summed E-state index contributed by atoms with van der Waals surface area (Å²) < 4.78 is 5.85. The van der Waals surface area contributed by atoms with Crippen molar-refractivity contribution in [1.29, 1.82) is 0 Å². The molecule has 2 aromatic carbocycles. The van der Waals surface area contributed by atoms with Crippen molar-refractivity contribution in [3.8, 4) is 5.75 Å². The van der Waals surface area contributed by atoms with Crippen LogP contribution in [0.4, 0.5) is 16.5 Å². The van der Waals surface area contributed by atoms with Gasteiger partial charge in [0.05, 0.1) is 12.4 Å². The van der Waals surface area contributed by atoms with Gasteiger partial charge in [0.1, 0.15) is 5.75 Å². The molecule has 8 heteroatoms. The smallest absolute Gasteiger partial charge is 0.237 e. The molecule has 1 aromatic heterocycles. The van der Waals surface area contributed by atoms with Gasteiger partial charge in [0, 0.05) is 11.4 Å². The molecule has 0 fully saturated rings. The van der Waals surface area contributed by atoms with Crippen LogP contribution in [-0.2, 0) is 4.79 Å². The minimum atomic E-state index is -0.299. The average molecular weight is 401 g/mol. The molecule has 0 saturated heterocycles. The summed E-state index contributed by atoms with van der Waals surface area (Å²) in [7, 11) is 1.61. The quantitative estimate of drug-likeness (QED) is 0.559. The monoisotopic (exact) mass is 400 g/mol. The number of anilines is 3. The maximum Gasteiger partial charge on any atom is 0.237 e. The predicted octanol–water partition coefficient (Wildman–Crippen LogP) is 4.72. The minimum absolute atomic E-state index is 0.0893. The Hall–Kier alpha value is -2.58. The fraction of sp³-hybridized carbons (Fsp3) is 0.211. The standard InChI is InChI=1S/C19H20N4O2S2/c1-12-5-4-6-15(11-12)21-18-22-23-19(27-18)26-13(2)17(24)20-14-7-9-16(25-3)10-8-14/h4-11,13H,1-3H3,(H,20,24)(H,21,22)/t13-/m1/s1. The Kier molecular flexibility index (Phi) is 6.31. The predicted molar refractivity (Wildman–Crippen MR) is 111 cm³/mol. The summed E-state index contributed by atoms with van der Waals surface area (Å²) in [6.07, 6.45) is 0. The molecule has 0 bridgehead atoms. The molecule has 0 saturated carbocycles. The lowest BCUT2D eigenvalue weighted by molar-refractivity contribution is -0.115. The van der Waals surface area contributed by atoms with E-state index >= 15 is 0 Å². The van der Waals surface area contributed by atoms with Gasteiger partial charge < -0.3 is 15.4 Å². The second kappa shape index (κ2) is 8.88. The number of carbonyl (C=O) groups is 1. The van der Waals surface area contributed by atoms with Gasteiger partial charge in [-0.1, -0.05) is 35.2 Å². The number of rotatable bonds is 7. The number of thioether (sulfide) groups is 1. The maximum absolute atomic E-state index is 12.4. The molecule has 0 spiro atoms. The van der Waals surface area contributed by atoms with Crippen molar-refractivity contribution in [2.45, 2.75) is 23.4 Å². The molecule has 0 aliphatic carbocycles. The summed E-state index contributed by atoms with van der Waals surface area (Å²) in [6.45, 7) is 3.88. The van der Waals surface area contributed by atoms with Crippen molar-refractivity contribution in [2.75, 3.05) is 17.7 Å². The molecule has 3 aromatic rings. The first-order valence-electron chi connectivity index (χ1n) is 8.32.